The van der Waals surface area contributed by atoms with Crippen LogP contribution in [0, 0.1) is 7.14 Å². The van der Waals surface area contributed by atoms with Gasteiger partial charge in [0, 0.05) is 12.6 Å². The molecule has 0 unspecified atom stereocenters. The minimum atomic E-state index is 0.220. The molecule has 0 amide bonds. The average molecular weight is 894 g/mol. The fraction of sp³-hybridized carbons (Fsp3) is 0.586. The number of rotatable bonds is 16. The van der Waals surface area contributed by atoms with E-state index in [1.54, 1.807) is 11.1 Å². The van der Waals surface area contributed by atoms with E-state index in [2.05, 4.69) is 127 Å². The van der Waals surface area contributed by atoms with Gasteiger partial charge < -0.3 is 0 Å². The number of alkyl halides is 2. The van der Waals surface area contributed by atoms with Crippen molar-refractivity contribution in [1.82, 2.24) is 0 Å². The number of benzene rings is 2. The van der Waals surface area contributed by atoms with E-state index in [0.717, 1.165) is 0 Å². The second kappa shape index (κ2) is 15.6. The molecule has 0 nitrogen and oxygen atoms in total. The summed E-state index contributed by atoms with van der Waals surface area (Å²) in [6.07, 6.45) is 19.3. The predicted molar refractivity (Wildman–Crippen MR) is 181 cm³/mol. The zero-order valence-corrected chi connectivity index (χ0v) is 28.4. The van der Waals surface area contributed by atoms with E-state index in [0.29, 0.717) is 0 Å². The Bertz CT molecular complexity index is 789. The van der Waals surface area contributed by atoms with Crippen molar-refractivity contribution in [2.24, 2.45) is 0 Å². The van der Waals surface area contributed by atoms with Crippen molar-refractivity contribution in [3.8, 4) is 11.1 Å². The highest BCUT2D eigenvalue weighted by Gasteiger charge is 2.42. The molecule has 0 aliphatic heterocycles. The van der Waals surface area contributed by atoms with Gasteiger partial charge in [0.25, 0.3) is 0 Å². The van der Waals surface area contributed by atoms with Gasteiger partial charge >= 0.3 is 0 Å². The zero-order chi connectivity index (χ0) is 23.5. The Morgan fingerprint density at radius 2 is 0.848 bits per heavy atom. The van der Waals surface area contributed by atoms with Gasteiger partial charge in [-0.15, -0.1) is 0 Å². The maximum Gasteiger partial charge on any atom is 0.0216 e. The Morgan fingerprint density at radius 3 is 1.24 bits per heavy atom. The summed E-state index contributed by atoms with van der Waals surface area (Å²) in [7, 11) is 0. The van der Waals surface area contributed by atoms with Crippen LogP contribution in [0.15, 0.2) is 36.4 Å². The third-order valence-electron chi connectivity index (χ3n) is 7.26. The smallest absolute Gasteiger partial charge is 0.0216 e. The SMILES string of the molecule is ICCCCCCCCC1(CCCCCCCCI)c2cc(I)ccc2-c2ccc(I)cc21. The topological polar surface area (TPSA) is 0 Å². The molecule has 0 saturated heterocycles. The van der Waals surface area contributed by atoms with E-state index in [9.17, 15) is 0 Å². The molecule has 0 radical (unpaired) electrons. The number of halogens is 4. The quantitative estimate of drug-likeness (QED) is 0.0895. The summed E-state index contributed by atoms with van der Waals surface area (Å²) in [6.45, 7) is 0. The highest BCUT2D eigenvalue weighted by molar-refractivity contribution is 14.1. The molecule has 0 bridgehead atoms. The zero-order valence-electron chi connectivity index (χ0n) is 19.8. The lowest BCUT2D eigenvalue weighted by molar-refractivity contribution is 0.397. The molecule has 0 spiro atoms. The first-order valence-electron chi connectivity index (χ1n) is 12.8. The minimum absolute atomic E-state index is 0.220. The Labute approximate surface area is 257 Å². The number of unbranched alkanes of at least 4 members (excludes halogenated alkanes) is 10. The maximum atomic E-state index is 2.52. The molecule has 0 aromatic heterocycles. The van der Waals surface area contributed by atoms with E-state index in [1.807, 2.05) is 0 Å². The maximum absolute atomic E-state index is 2.52. The van der Waals surface area contributed by atoms with Crippen LogP contribution in [0.3, 0.4) is 0 Å². The van der Waals surface area contributed by atoms with E-state index in [-0.39, 0.29) is 5.41 Å². The molecular formula is C29H38I4. The summed E-state index contributed by atoms with van der Waals surface area (Å²) >= 11 is 10.1. The average Bonchev–Trinajstić information content (AvgIpc) is 3.06. The van der Waals surface area contributed by atoms with Crippen molar-refractivity contribution in [2.75, 3.05) is 8.86 Å². The molecule has 0 heterocycles. The molecule has 0 saturated carbocycles. The van der Waals surface area contributed by atoms with Crippen LogP contribution in [0.1, 0.15) is 101 Å². The highest BCUT2D eigenvalue weighted by Crippen LogP contribution is 2.54. The highest BCUT2D eigenvalue weighted by atomic mass is 127. The van der Waals surface area contributed by atoms with E-state index in [1.165, 1.54) is 117 Å². The van der Waals surface area contributed by atoms with Gasteiger partial charge in [-0.3, -0.25) is 0 Å². The van der Waals surface area contributed by atoms with Crippen molar-refractivity contribution in [3.05, 3.63) is 54.7 Å². The Kier molecular flexibility index (Phi) is 13.7. The van der Waals surface area contributed by atoms with Crippen LogP contribution in [0.25, 0.3) is 11.1 Å². The molecule has 2 aromatic carbocycles. The molecule has 4 heteroatoms. The van der Waals surface area contributed by atoms with E-state index < -0.39 is 0 Å². The summed E-state index contributed by atoms with van der Waals surface area (Å²) in [5, 5.41) is 0. The molecule has 33 heavy (non-hydrogen) atoms. The normalized spacial score (nSPS) is 13.8. The lowest BCUT2D eigenvalue weighted by atomic mass is 9.70. The van der Waals surface area contributed by atoms with E-state index in [4.69, 9.17) is 0 Å². The van der Waals surface area contributed by atoms with Gasteiger partial charge in [-0.05, 0) is 126 Å². The molecular weight excluding hydrogens is 856 g/mol. The molecule has 3 rings (SSSR count). The van der Waals surface area contributed by atoms with Gasteiger partial charge in [-0.2, -0.15) is 0 Å². The molecule has 0 fully saturated rings. The van der Waals surface area contributed by atoms with Crippen molar-refractivity contribution < 1.29 is 0 Å². The molecule has 1 aliphatic carbocycles. The lowest BCUT2D eigenvalue weighted by Crippen LogP contribution is -2.25. The molecule has 182 valence electrons. The lowest BCUT2D eigenvalue weighted by Gasteiger charge is -2.33. The van der Waals surface area contributed by atoms with Gasteiger partial charge in [0.15, 0.2) is 0 Å². The van der Waals surface area contributed by atoms with Crippen LogP contribution < -0.4 is 0 Å². The van der Waals surface area contributed by atoms with Gasteiger partial charge in [0.05, 0.1) is 0 Å². The number of hydrogen-bond donors (Lipinski definition) is 0. The first kappa shape index (κ1) is 28.9. The fourth-order valence-electron chi connectivity index (χ4n) is 5.56. The Hall–Kier alpha value is 1.36. The third kappa shape index (κ3) is 8.17. The second-order valence-corrected chi connectivity index (χ2v) is 14.2. The van der Waals surface area contributed by atoms with Crippen molar-refractivity contribution in [1.29, 1.82) is 0 Å². The van der Waals surface area contributed by atoms with E-state index >= 15 is 0 Å². The van der Waals surface area contributed by atoms with Gasteiger partial charge in [-0.25, -0.2) is 0 Å². The minimum Gasteiger partial charge on any atom is -0.0864 e. The van der Waals surface area contributed by atoms with Gasteiger partial charge in [0.1, 0.15) is 0 Å². The van der Waals surface area contributed by atoms with Crippen LogP contribution in [-0.2, 0) is 5.41 Å². The summed E-state index contributed by atoms with van der Waals surface area (Å²) in [5.74, 6) is 0. The first-order valence-corrected chi connectivity index (χ1v) is 18.1. The number of hydrogen-bond acceptors (Lipinski definition) is 0. The number of fused-ring (bicyclic) bond motifs is 3. The predicted octanol–water partition coefficient (Wildman–Crippen LogP) is 11.5. The van der Waals surface area contributed by atoms with Crippen LogP contribution in [0.2, 0.25) is 0 Å². The standard InChI is InChI=1S/C29H38I4/c30-19-11-7-3-1-5-9-17-29(18-10-6-2-4-8-12-20-31)27-21-23(32)13-15-25(27)26-16-14-24(33)22-28(26)29/h13-16,21-22H,1-12,17-20H2. The van der Waals surface area contributed by atoms with Crippen LogP contribution >= 0.6 is 90.4 Å². The summed E-state index contributed by atoms with van der Waals surface area (Å²) in [6, 6.07) is 14.4. The molecule has 2 aromatic rings. The van der Waals surface area contributed by atoms with Gasteiger partial charge in [0.2, 0.25) is 0 Å². The molecule has 0 N–H and O–H groups in total. The van der Waals surface area contributed by atoms with Crippen LogP contribution in [0.5, 0.6) is 0 Å². The van der Waals surface area contributed by atoms with Crippen molar-refractivity contribution in [2.45, 2.75) is 95.3 Å². The monoisotopic (exact) mass is 894 g/mol. The summed E-state index contributed by atoms with van der Waals surface area (Å²) in [5.41, 5.74) is 6.48. The van der Waals surface area contributed by atoms with Crippen molar-refractivity contribution in [3.63, 3.8) is 0 Å². The molecule has 1 aliphatic rings. The van der Waals surface area contributed by atoms with Gasteiger partial charge in [-0.1, -0.05) is 122 Å². The first-order chi connectivity index (χ1) is 16.1. The Morgan fingerprint density at radius 1 is 0.485 bits per heavy atom. The third-order valence-corrected chi connectivity index (χ3v) is 10.1. The fourth-order valence-corrected chi connectivity index (χ4v) is 7.62. The van der Waals surface area contributed by atoms with Crippen molar-refractivity contribution >= 4 is 90.4 Å². The molecule has 0 atom stereocenters. The summed E-state index contributed by atoms with van der Waals surface area (Å²) in [4.78, 5) is 0. The van der Waals surface area contributed by atoms with Crippen LogP contribution in [0.4, 0.5) is 0 Å². The Balaban J connectivity index is 1.77. The largest absolute Gasteiger partial charge is 0.0864 e. The summed E-state index contributed by atoms with van der Waals surface area (Å²) < 4.78 is 5.39. The second-order valence-electron chi connectivity index (χ2n) is 9.58. The van der Waals surface area contributed by atoms with Crippen LogP contribution in [-0.4, -0.2) is 8.86 Å².